The van der Waals surface area contributed by atoms with E-state index in [0.29, 0.717) is 6.04 Å². The van der Waals surface area contributed by atoms with Crippen LogP contribution in [0.5, 0.6) is 0 Å². The highest BCUT2D eigenvalue weighted by atomic mass is 15.6. The predicted molar refractivity (Wildman–Crippen MR) is 79.6 cm³/mol. The molecule has 1 aromatic heterocycles. The molecule has 0 fully saturated rings. The summed E-state index contributed by atoms with van der Waals surface area (Å²) in [5.41, 5.74) is 3.20. The fourth-order valence-electron chi connectivity index (χ4n) is 2.22. The van der Waals surface area contributed by atoms with Crippen LogP contribution in [0.25, 0.3) is 16.9 Å². The van der Waals surface area contributed by atoms with Gasteiger partial charge in [-0.3, -0.25) is 0 Å². The van der Waals surface area contributed by atoms with Crippen LogP contribution in [0.2, 0.25) is 0 Å². The molecular weight excluding hydrogens is 246 g/mol. The lowest BCUT2D eigenvalue weighted by atomic mass is 10.2. The molecule has 3 heteroatoms. The molecule has 2 aromatic carbocycles. The van der Waals surface area contributed by atoms with Gasteiger partial charge in [-0.05, 0) is 30.8 Å². The van der Waals surface area contributed by atoms with Gasteiger partial charge in [0.1, 0.15) is 11.7 Å². The molecule has 0 amide bonds. The molecule has 0 aliphatic carbocycles. The zero-order chi connectivity index (χ0) is 13.9. The van der Waals surface area contributed by atoms with Crippen LogP contribution < -0.4 is 4.68 Å². The zero-order valence-electron chi connectivity index (χ0n) is 11.8. The predicted octanol–water partition coefficient (Wildman–Crippen LogP) is 3.41. The summed E-state index contributed by atoms with van der Waals surface area (Å²) in [6, 6.07) is 20.8. The first-order valence-electron chi connectivity index (χ1n) is 6.88. The molecule has 0 spiro atoms. The Bertz CT molecular complexity index is 685. The fourth-order valence-corrected chi connectivity index (χ4v) is 2.22. The highest BCUT2D eigenvalue weighted by Gasteiger charge is 2.20. The van der Waals surface area contributed by atoms with Crippen molar-refractivity contribution < 1.29 is 4.68 Å². The van der Waals surface area contributed by atoms with Crippen LogP contribution in [-0.2, 0) is 0 Å². The Kier molecular flexibility index (Phi) is 3.33. The van der Waals surface area contributed by atoms with Crippen molar-refractivity contribution in [1.82, 2.24) is 9.90 Å². The first-order valence-corrected chi connectivity index (χ1v) is 6.88. The van der Waals surface area contributed by atoms with E-state index in [4.69, 9.17) is 5.10 Å². The van der Waals surface area contributed by atoms with Crippen molar-refractivity contribution in [1.29, 1.82) is 0 Å². The lowest BCUT2D eigenvalue weighted by Crippen LogP contribution is -2.44. The molecule has 3 nitrogen and oxygen atoms in total. The minimum absolute atomic E-state index is 0.347. The normalized spacial score (nSPS) is 10.9. The summed E-state index contributed by atoms with van der Waals surface area (Å²) < 4.78 is 2.15. The molecule has 3 rings (SSSR count). The molecule has 0 bridgehead atoms. The first kappa shape index (κ1) is 12.6. The maximum Gasteiger partial charge on any atom is 0.249 e. The van der Waals surface area contributed by atoms with Crippen molar-refractivity contribution in [2.24, 2.45) is 0 Å². The molecule has 0 unspecified atom stereocenters. The Morgan fingerprint density at radius 1 is 0.900 bits per heavy atom. The van der Waals surface area contributed by atoms with E-state index >= 15 is 0 Å². The van der Waals surface area contributed by atoms with Crippen molar-refractivity contribution in [3.63, 3.8) is 0 Å². The number of hydrogen-bond donors (Lipinski definition) is 0. The second kappa shape index (κ2) is 5.29. The molecule has 0 atom stereocenters. The Morgan fingerprint density at radius 2 is 1.50 bits per heavy atom. The maximum atomic E-state index is 4.75. The third-order valence-corrected chi connectivity index (χ3v) is 3.26. The van der Waals surface area contributed by atoms with Crippen LogP contribution in [0.4, 0.5) is 0 Å². The Balaban J connectivity index is 2.13. The van der Waals surface area contributed by atoms with Gasteiger partial charge in [0.15, 0.2) is 6.20 Å². The highest BCUT2D eigenvalue weighted by Crippen LogP contribution is 2.16. The van der Waals surface area contributed by atoms with E-state index in [-0.39, 0.29) is 0 Å². The SMILES string of the molecule is CC(C)[n+]1cc(-c2ccccc2)nn1-c1ccccc1. The van der Waals surface area contributed by atoms with Crippen LogP contribution in [0, 0.1) is 0 Å². The van der Waals surface area contributed by atoms with Crippen molar-refractivity contribution in [3.05, 3.63) is 66.9 Å². The molecule has 3 aromatic rings. The average Bonchev–Trinajstić information content (AvgIpc) is 2.94. The molecule has 0 aliphatic heterocycles. The molecule has 1 heterocycles. The number of para-hydroxylation sites is 1. The standard InChI is InChI=1S/C17H18N3/c1-14(2)19-13-17(15-9-5-3-6-10-15)18-20(19)16-11-7-4-8-12-16/h3-14H,1-2H3/q+1. The highest BCUT2D eigenvalue weighted by molar-refractivity contribution is 5.56. The van der Waals surface area contributed by atoms with Crippen LogP contribution in [0.1, 0.15) is 19.9 Å². The monoisotopic (exact) mass is 264 g/mol. The van der Waals surface area contributed by atoms with Gasteiger partial charge in [0.25, 0.3) is 0 Å². The van der Waals surface area contributed by atoms with Gasteiger partial charge in [-0.2, -0.15) is 4.68 Å². The summed E-state index contributed by atoms with van der Waals surface area (Å²) in [4.78, 5) is 1.97. The summed E-state index contributed by atoms with van der Waals surface area (Å²) in [5, 5.41) is 4.75. The van der Waals surface area contributed by atoms with Crippen LogP contribution in [0.15, 0.2) is 66.9 Å². The Hall–Kier alpha value is -2.42. The van der Waals surface area contributed by atoms with Gasteiger partial charge in [0.2, 0.25) is 5.69 Å². The second-order valence-corrected chi connectivity index (χ2v) is 5.08. The van der Waals surface area contributed by atoms with Crippen molar-refractivity contribution in [2.45, 2.75) is 19.9 Å². The van der Waals surface area contributed by atoms with Gasteiger partial charge in [0, 0.05) is 5.56 Å². The third kappa shape index (κ3) is 2.35. The number of rotatable bonds is 3. The van der Waals surface area contributed by atoms with E-state index in [1.807, 2.05) is 41.2 Å². The number of hydrogen-bond acceptors (Lipinski definition) is 1. The number of aromatic nitrogens is 3. The zero-order valence-corrected chi connectivity index (χ0v) is 11.8. The summed E-state index contributed by atoms with van der Waals surface area (Å²) >= 11 is 0. The first-order chi connectivity index (χ1) is 9.75. The molecule has 20 heavy (non-hydrogen) atoms. The van der Waals surface area contributed by atoms with Crippen molar-refractivity contribution in [3.8, 4) is 16.9 Å². The van der Waals surface area contributed by atoms with E-state index in [1.165, 1.54) is 0 Å². The summed E-state index contributed by atoms with van der Waals surface area (Å²) in [6.07, 6.45) is 2.10. The van der Waals surface area contributed by atoms with Gasteiger partial charge >= 0.3 is 0 Å². The molecule has 100 valence electrons. The fraction of sp³-hybridized carbons (Fsp3) is 0.176. The largest absolute Gasteiger partial charge is 0.249 e. The minimum Gasteiger partial charge on any atom is -0.153 e. The Labute approximate surface area is 119 Å². The number of benzene rings is 2. The van der Waals surface area contributed by atoms with Crippen molar-refractivity contribution in [2.75, 3.05) is 0 Å². The van der Waals surface area contributed by atoms with Gasteiger partial charge in [-0.25, -0.2) is 0 Å². The van der Waals surface area contributed by atoms with Gasteiger partial charge in [-0.15, -0.1) is 0 Å². The topological polar surface area (TPSA) is 21.7 Å². The Morgan fingerprint density at radius 3 is 2.10 bits per heavy atom. The molecular formula is C17H18N3+. The maximum absolute atomic E-state index is 4.75. The van der Waals surface area contributed by atoms with Gasteiger partial charge in [-0.1, -0.05) is 48.5 Å². The summed E-state index contributed by atoms with van der Waals surface area (Å²) in [6.45, 7) is 4.33. The van der Waals surface area contributed by atoms with Crippen LogP contribution >= 0.6 is 0 Å². The lowest BCUT2D eigenvalue weighted by molar-refractivity contribution is -0.787. The average molecular weight is 264 g/mol. The van der Waals surface area contributed by atoms with Crippen molar-refractivity contribution >= 4 is 0 Å². The third-order valence-electron chi connectivity index (χ3n) is 3.26. The van der Waals surface area contributed by atoms with Gasteiger partial charge < -0.3 is 0 Å². The summed E-state index contributed by atoms with van der Waals surface area (Å²) in [7, 11) is 0. The quantitative estimate of drug-likeness (QED) is 0.664. The van der Waals surface area contributed by atoms with E-state index < -0.39 is 0 Å². The molecule has 0 saturated heterocycles. The van der Waals surface area contributed by atoms with E-state index in [2.05, 4.69) is 49.0 Å². The van der Waals surface area contributed by atoms with Crippen LogP contribution in [-0.4, -0.2) is 9.90 Å². The van der Waals surface area contributed by atoms with Crippen LogP contribution in [0.3, 0.4) is 0 Å². The summed E-state index contributed by atoms with van der Waals surface area (Å²) in [5.74, 6) is 0. The number of nitrogens with zero attached hydrogens (tertiary/aromatic N) is 3. The minimum atomic E-state index is 0.347. The van der Waals surface area contributed by atoms with E-state index in [9.17, 15) is 0 Å². The second-order valence-electron chi connectivity index (χ2n) is 5.08. The molecule has 0 N–H and O–H groups in total. The smallest absolute Gasteiger partial charge is 0.153 e. The molecule has 0 aliphatic rings. The molecule has 0 radical (unpaired) electrons. The molecule has 0 saturated carbocycles. The van der Waals surface area contributed by atoms with E-state index in [1.54, 1.807) is 0 Å². The lowest BCUT2D eigenvalue weighted by Gasteiger charge is -2.04. The van der Waals surface area contributed by atoms with Gasteiger partial charge in [0.05, 0.1) is 5.10 Å². The van der Waals surface area contributed by atoms with E-state index in [0.717, 1.165) is 16.9 Å².